The van der Waals surface area contributed by atoms with Crippen molar-refractivity contribution in [2.24, 2.45) is 0 Å². The molecule has 44 valence electrons. The Kier molecular flexibility index (Phi) is 1.02. The topological polar surface area (TPSA) is 78.1 Å². The fourth-order valence-electron chi connectivity index (χ4n) is 0.329. The molecule has 1 heterocycles. The highest BCUT2D eigenvalue weighted by Gasteiger charge is 2.01. The van der Waals surface area contributed by atoms with Crippen LogP contribution >= 0.6 is 11.6 Å². The van der Waals surface area contributed by atoms with Crippen molar-refractivity contribution in [1.29, 1.82) is 0 Å². The number of oxazole rings is 1. The third-order valence-electron chi connectivity index (χ3n) is 0.626. The van der Waals surface area contributed by atoms with E-state index in [1.165, 1.54) is 0 Å². The van der Waals surface area contributed by atoms with Crippen LogP contribution in [0.2, 0.25) is 5.15 Å². The summed E-state index contributed by atoms with van der Waals surface area (Å²) in [5, 5.41) is 0.113. The van der Waals surface area contributed by atoms with Gasteiger partial charge in [-0.05, 0) is 0 Å². The molecule has 0 fully saturated rings. The van der Waals surface area contributed by atoms with Crippen LogP contribution in [0.4, 0.5) is 11.9 Å². The molecule has 0 atom stereocenters. The van der Waals surface area contributed by atoms with Gasteiger partial charge < -0.3 is 15.9 Å². The highest BCUT2D eigenvalue weighted by molar-refractivity contribution is 6.31. The van der Waals surface area contributed by atoms with Gasteiger partial charge in [-0.1, -0.05) is 11.6 Å². The number of nitrogen functional groups attached to an aromatic ring is 2. The van der Waals surface area contributed by atoms with Gasteiger partial charge >= 0.3 is 0 Å². The Labute approximate surface area is 50.4 Å². The van der Waals surface area contributed by atoms with Crippen molar-refractivity contribution in [2.75, 3.05) is 11.5 Å². The summed E-state index contributed by atoms with van der Waals surface area (Å²) >= 11 is 5.32. The van der Waals surface area contributed by atoms with Crippen LogP contribution in [0.25, 0.3) is 0 Å². The minimum atomic E-state index is -0.00694. The summed E-state index contributed by atoms with van der Waals surface area (Å²) in [5.41, 5.74) is 10.1. The van der Waals surface area contributed by atoms with Gasteiger partial charge in [0.1, 0.15) is 0 Å². The number of aromatic nitrogens is 1. The van der Waals surface area contributed by atoms with E-state index < -0.39 is 0 Å². The van der Waals surface area contributed by atoms with Crippen LogP contribution in [-0.2, 0) is 0 Å². The fraction of sp³-hybridized carbons (Fsp3) is 0. The average Bonchev–Trinajstić information content (AvgIpc) is 1.85. The average molecular weight is 134 g/mol. The molecule has 0 spiro atoms. The molecule has 1 aromatic heterocycles. The Morgan fingerprint density at radius 1 is 1.50 bits per heavy atom. The maximum absolute atomic E-state index is 5.32. The molecule has 0 aromatic carbocycles. The highest BCUT2D eigenvalue weighted by Crippen LogP contribution is 2.18. The van der Waals surface area contributed by atoms with Crippen molar-refractivity contribution in [1.82, 2.24) is 4.98 Å². The van der Waals surface area contributed by atoms with Gasteiger partial charge in [-0.2, -0.15) is 4.98 Å². The quantitative estimate of drug-likeness (QED) is 0.540. The summed E-state index contributed by atoms with van der Waals surface area (Å²) in [7, 11) is 0. The van der Waals surface area contributed by atoms with Crippen molar-refractivity contribution in [3.8, 4) is 0 Å². The van der Waals surface area contributed by atoms with Crippen molar-refractivity contribution < 1.29 is 4.42 Å². The maximum atomic E-state index is 5.32. The molecule has 5 heteroatoms. The number of halogens is 1. The summed E-state index contributed by atoms with van der Waals surface area (Å²) in [5.74, 6) is 0.0594. The van der Waals surface area contributed by atoms with E-state index in [2.05, 4.69) is 9.40 Å². The van der Waals surface area contributed by atoms with Crippen LogP contribution in [0.15, 0.2) is 4.42 Å². The summed E-state index contributed by atoms with van der Waals surface area (Å²) in [4.78, 5) is 3.46. The zero-order valence-corrected chi connectivity index (χ0v) is 4.64. The number of nitrogens with zero attached hydrogens (tertiary/aromatic N) is 1. The molecule has 0 aliphatic rings. The summed E-state index contributed by atoms with van der Waals surface area (Å²) in [6.45, 7) is 0. The van der Waals surface area contributed by atoms with Gasteiger partial charge in [0.2, 0.25) is 5.88 Å². The molecule has 0 bridgehead atoms. The summed E-state index contributed by atoms with van der Waals surface area (Å²) < 4.78 is 4.53. The predicted octanol–water partition coefficient (Wildman–Crippen LogP) is 0.492. The van der Waals surface area contributed by atoms with E-state index in [1.54, 1.807) is 0 Å². The Bertz CT molecular complexity index is 177. The lowest BCUT2D eigenvalue weighted by atomic mass is 10.8. The van der Waals surface area contributed by atoms with E-state index in [0.717, 1.165) is 0 Å². The van der Waals surface area contributed by atoms with Crippen molar-refractivity contribution in [3.05, 3.63) is 5.15 Å². The highest BCUT2D eigenvalue weighted by atomic mass is 35.5. The van der Waals surface area contributed by atoms with E-state index in [1.807, 2.05) is 0 Å². The lowest BCUT2D eigenvalue weighted by Gasteiger charge is -1.76. The molecule has 0 saturated carbocycles. The van der Waals surface area contributed by atoms with Crippen molar-refractivity contribution >= 4 is 23.5 Å². The SMILES string of the molecule is Nc1nc(Cl)c(N)o1. The number of anilines is 2. The van der Waals surface area contributed by atoms with Gasteiger partial charge in [-0.15, -0.1) is 0 Å². The molecule has 0 unspecified atom stereocenters. The first kappa shape index (κ1) is 5.24. The van der Waals surface area contributed by atoms with E-state index in [-0.39, 0.29) is 17.1 Å². The lowest BCUT2D eigenvalue weighted by molar-refractivity contribution is 0.600. The minimum Gasteiger partial charge on any atom is -0.406 e. The van der Waals surface area contributed by atoms with Gasteiger partial charge in [-0.3, -0.25) is 0 Å². The van der Waals surface area contributed by atoms with Crippen LogP contribution in [0, 0.1) is 0 Å². The minimum absolute atomic E-state index is 0.00694. The third kappa shape index (κ3) is 0.696. The van der Waals surface area contributed by atoms with Crippen LogP contribution in [0.1, 0.15) is 0 Å². The van der Waals surface area contributed by atoms with Crippen LogP contribution in [0.5, 0.6) is 0 Å². The van der Waals surface area contributed by atoms with Crippen LogP contribution < -0.4 is 11.5 Å². The number of rotatable bonds is 0. The normalized spacial score (nSPS) is 9.62. The van der Waals surface area contributed by atoms with Crippen molar-refractivity contribution in [2.45, 2.75) is 0 Å². The third-order valence-corrected chi connectivity index (χ3v) is 0.897. The van der Waals surface area contributed by atoms with E-state index in [0.29, 0.717) is 0 Å². The standard InChI is InChI=1S/C3H4ClN3O/c4-1-2(5)8-3(6)7-1/h5H2,(H2,6,7). The molecule has 0 saturated heterocycles. The Morgan fingerprint density at radius 3 is 2.25 bits per heavy atom. The van der Waals surface area contributed by atoms with Gasteiger partial charge in [0.15, 0.2) is 5.15 Å². The molecule has 4 nitrogen and oxygen atoms in total. The van der Waals surface area contributed by atoms with E-state index in [9.17, 15) is 0 Å². The summed E-state index contributed by atoms with van der Waals surface area (Å²) in [6, 6.07) is -0.00694. The largest absolute Gasteiger partial charge is 0.406 e. The number of hydrogen-bond donors (Lipinski definition) is 2. The summed E-state index contributed by atoms with van der Waals surface area (Å²) in [6.07, 6.45) is 0. The second-order valence-corrected chi connectivity index (χ2v) is 1.57. The van der Waals surface area contributed by atoms with Gasteiger partial charge in [0, 0.05) is 0 Å². The van der Waals surface area contributed by atoms with E-state index >= 15 is 0 Å². The van der Waals surface area contributed by atoms with E-state index in [4.69, 9.17) is 23.1 Å². The molecule has 8 heavy (non-hydrogen) atoms. The number of nitrogens with two attached hydrogens (primary N) is 2. The number of hydrogen-bond acceptors (Lipinski definition) is 4. The Balaban J connectivity index is 3.14. The molecule has 1 rings (SSSR count). The second kappa shape index (κ2) is 1.56. The molecule has 0 amide bonds. The first-order valence-electron chi connectivity index (χ1n) is 1.87. The van der Waals surface area contributed by atoms with Gasteiger partial charge in [0.05, 0.1) is 0 Å². The fourth-order valence-corrected chi connectivity index (χ4v) is 0.451. The Hall–Kier alpha value is -0.900. The smallest absolute Gasteiger partial charge is 0.295 e. The monoisotopic (exact) mass is 133 g/mol. The Morgan fingerprint density at radius 2 is 2.12 bits per heavy atom. The van der Waals surface area contributed by atoms with Gasteiger partial charge in [-0.25, -0.2) is 0 Å². The molecule has 0 aliphatic heterocycles. The molecule has 0 radical (unpaired) electrons. The second-order valence-electron chi connectivity index (χ2n) is 1.21. The van der Waals surface area contributed by atoms with Crippen LogP contribution in [0.3, 0.4) is 0 Å². The first-order valence-corrected chi connectivity index (χ1v) is 2.25. The zero-order chi connectivity index (χ0) is 6.15. The zero-order valence-electron chi connectivity index (χ0n) is 3.89. The molecule has 0 aliphatic carbocycles. The molecule has 4 N–H and O–H groups in total. The lowest BCUT2D eigenvalue weighted by Crippen LogP contribution is -1.80. The maximum Gasteiger partial charge on any atom is 0.295 e. The molecule has 1 aromatic rings. The molecular formula is C3H4ClN3O. The predicted molar refractivity (Wildman–Crippen MR) is 30.3 cm³/mol. The first-order chi connectivity index (χ1) is 3.70. The van der Waals surface area contributed by atoms with Crippen molar-refractivity contribution in [3.63, 3.8) is 0 Å². The van der Waals surface area contributed by atoms with Gasteiger partial charge in [0.25, 0.3) is 6.01 Å². The van der Waals surface area contributed by atoms with Crippen LogP contribution in [-0.4, -0.2) is 4.98 Å². The molecular weight excluding hydrogens is 130 g/mol.